The largest absolute Gasteiger partial charge is 0.0753 e. The number of rotatable bonds is 7. The van der Waals surface area contributed by atoms with E-state index in [1.54, 1.807) is 5.30 Å². The lowest BCUT2D eigenvalue weighted by atomic mass is 10.2. The second-order valence-electron chi connectivity index (χ2n) is 4.43. The number of hydrogen-bond acceptors (Lipinski definition) is 0. The molecule has 0 spiro atoms. The Hall–Kier alpha value is -0.350. The molecule has 0 N–H and O–H groups in total. The lowest BCUT2D eigenvalue weighted by molar-refractivity contribution is 0.705. The normalized spacial score (nSPS) is 12.7. The van der Waals surface area contributed by atoms with Crippen molar-refractivity contribution in [2.45, 2.75) is 46.5 Å². The van der Waals surface area contributed by atoms with E-state index in [0.717, 1.165) is 0 Å². The third-order valence-corrected chi connectivity index (χ3v) is 5.92. The van der Waals surface area contributed by atoms with Crippen LogP contribution in [0.3, 0.4) is 0 Å². The molecular formula is C15H25P. The molecule has 1 atom stereocenters. The highest BCUT2D eigenvalue weighted by Gasteiger charge is 2.09. The fourth-order valence-electron chi connectivity index (χ4n) is 2.10. The van der Waals surface area contributed by atoms with Crippen molar-refractivity contribution in [1.29, 1.82) is 0 Å². The maximum absolute atomic E-state index is 2.35. The Morgan fingerprint density at radius 1 is 1.00 bits per heavy atom. The summed E-state index contributed by atoms with van der Waals surface area (Å²) in [5.74, 6) is 0. The van der Waals surface area contributed by atoms with Gasteiger partial charge in [0.2, 0.25) is 0 Å². The maximum Gasteiger partial charge on any atom is -0.0211 e. The average molecular weight is 236 g/mol. The minimum Gasteiger partial charge on any atom is -0.0753 e. The maximum atomic E-state index is 2.35. The predicted octanol–water partition coefficient (Wildman–Crippen LogP) is 4.70. The van der Waals surface area contributed by atoms with Gasteiger partial charge in [0.05, 0.1) is 0 Å². The van der Waals surface area contributed by atoms with E-state index in [9.17, 15) is 0 Å². The van der Waals surface area contributed by atoms with Crippen molar-refractivity contribution in [2.75, 3.05) is 12.3 Å². The highest BCUT2D eigenvalue weighted by atomic mass is 31.1. The van der Waals surface area contributed by atoms with Crippen molar-refractivity contribution in [3.63, 3.8) is 0 Å². The Kier molecular flexibility index (Phi) is 6.73. The topological polar surface area (TPSA) is 0 Å². The first-order chi connectivity index (χ1) is 7.79. The van der Waals surface area contributed by atoms with Crippen LogP contribution in [0.2, 0.25) is 0 Å². The summed E-state index contributed by atoms with van der Waals surface area (Å²) in [4.78, 5) is 0. The summed E-state index contributed by atoms with van der Waals surface area (Å²) in [7, 11) is 0.109. The molecule has 1 rings (SSSR count). The summed E-state index contributed by atoms with van der Waals surface area (Å²) in [5.41, 5.74) is 1.49. The van der Waals surface area contributed by atoms with E-state index in [2.05, 4.69) is 45.0 Å². The van der Waals surface area contributed by atoms with Crippen LogP contribution in [0.15, 0.2) is 24.3 Å². The molecule has 1 heteroatoms. The highest BCUT2D eigenvalue weighted by Crippen LogP contribution is 2.36. The van der Waals surface area contributed by atoms with E-state index in [1.807, 2.05) is 0 Å². The molecule has 0 amide bonds. The van der Waals surface area contributed by atoms with E-state index < -0.39 is 0 Å². The first-order valence-corrected chi connectivity index (χ1v) is 8.31. The summed E-state index contributed by atoms with van der Waals surface area (Å²) in [6.45, 7) is 6.88. The van der Waals surface area contributed by atoms with Gasteiger partial charge in [-0.2, -0.15) is 0 Å². The molecule has 0 radical (unpaired) electrons. The van der Waals surface area contributed by atoms with Crippen molar-refractivity contribution < 1.29 is 0 Å². The highest BCUT2D eigenvalue weighted by molar-refractivity contribution is 7.65. The van der Waals surface area contributed by atoms with Crippen molar-refractivity contribution >= 4 is 13.2 Å². The molecule has 0 aliphatic rings. The van der Waals surface area contributed by atoms with Crippen LogP contribution in [-0.4, -0.2) is 12.3 Å². The summed E-state index contributed by atoms with van der Waals surface area (Å²) >= 11 is 0. The van der Waals surface area contributed by atoms with Gasteiger partial charge in [-0.1, -0.05) is 65.3 Å². The average Bonchev–Trinajstić information content (AvgIpc) is 2.31. The van der Waals surface area contributed by atoms with Gasteiger partial charge < -0.3 is 0 Å². The fourth-order valence-corrected chi connectivity index (χ4v) is 4.47. The number of hydrogen-bond donors (Lipinski definition) is 0. The third kappa shape index (κ3) is 4.26. The second-order valence-corrected chi connectivity index (χ2v) is 7.07. The van der Waals surface area contributed by atoms with Crippen LogP contribution in [0.25, 0.3) is 0 Å². The molecule has 16 heavy (non-hydrogen) atoms. The molecule has 0 bridgehead atoms. The number of unbranched alkanes of at least 4 members (excludes halogenated alkanes) is 3. The van der Waals surface area contributed by atoms with E-state index >= 15 is 0 Å². The fraction of sp³-hybridized carbons (Fsp3) is 0.600. The lowest BCUT2D eigenvalue weighted by Gasteiger charge is -2.18. The number of aryl methyl sites for hydroxylation is 1. The Morgan fingerprint density at radius 3 is 2.38 bits per heavy atom. The van der Waals surface area contributed by atoms with Crippen molar-refractivity contribution in [2.24, 2.45) is 0 Å². The molecular weight excluding hydrogens is 211 g/mol. The van der Waals surface area contributed by atoms with E-state index in [0.29, 0.717) is 0 Å². The van der Waals surface area contributed by atoms with Crippen LogP contribution < -0.4 is 5.30 Å². The third-order valence-electron chi connectivity index (χ3n) is 3.12. The molecule has 0 nitrogen and oxygen atoms in total. The summed E-state index contributed by atoms with van der Waals surface area (Å²) in [6.07, 6.45) is 8.35. The smallest absolute Gasteiger partial charge is 0.0211 e. The second kappa shape index (κ2) is 7.85. The molecule has 0 aliphatic heterocycles. The number of benzene rings is 1. The Labute approximate surface area is 102 Å². The summed E-state index contributed by atoms with van der Waals surface area (Å²) < 4.78 is 0. The molecule has 0 aliphatic carbocycles. The van der Waals surface area contributed by atoms with Gasteiger partial charge in [0.15, 0.2) is 0 Å². The van der Waals surface area contributed by atoms with Gasteiger partial charge in [0.1, 0.15) is 0 Å². The zero-order valence-electron chi connectivity index (χ0n) is 11.0. The molecule has 0 saturated carbocycles. The predicted molar refractivity (Wildman–Crippen MR) is 77.3 cm³/mol. The van der Waals surface area contributed by atoms with Crippen LogP contribution in [0, 0.1) is 6.92 Å². The standard InChI is InChI=1S/C15H25P/c1-4-6-7-10-13-16(5-2)15-12-9-8-11-14(15)3/h8-9,11-12H,4-7,10,13H2,1-3H3. The Balaban J connectivity index is 2.51. The van der Waals surface area contributed by atoms with Crippen molar-refractivity contribution in [1.82, 2.24) is 0 Å². The van der Waals surface area contributed by atoms with Gasteiger partial charge in [0.25, 0.3) is 0 Å². The molecule has 0 heterocycles. The molecule has 0 aromatic heterocycles. The van der Waals surface area contributed by atoms with Gasteiger partial charge in [0, 0.05) is 0 Å². The van der Waals surface area contributed by atoms with Crippen LogP contribution >= 0.6 is 7.92 Å². The van der Waals surface area contributed by atoms with Crippen molar-refractivity contribution in [3.05, 3.63) is 29.8 Å². The summed E-state index contributed by atoms with van der Waals surface area (Å²) in [5, 5.41) is 1.64. The zero-order chi connectivity index (χ0) is 11.8. The van der Waals surface area contributed by atoms with Crippen molar-refractivity contribution in [3.8, 4) is 0 Å². The Morgan fingerprint density at radius 2 is 1.75 bits per heavy atom. The Bertz CT molecular complexity index is 293. The van der Waals surface area contributed by atoms with Crippen LogP contribution in [0.1, 0.15) is 45.1 Å². The van der Waals surface area contributed by atoms with E-state index in [1.165, 1.54) is 43.6 Å². The molecule has 0 saturated heterocycles. The van der Waals surface area contributed by atoms with Gasteiger partial charge in [-0.3, -0.25) is 0 Å². The minimum atomic E-state index is 0.109. The molecule has 90 valence electrons. The molecule has 1 aromatic carbocycles. The lowest BCUT2D eigenvalue weighted by Crippen LogP contribution is -2.08. The van der Waals surface area contributed by atoms with E-state index in [-0.39, 0.29) is 7.92 Å². The zero-order valence-corrected chi connectivity index (χ0v) is 11.9. The van der Waals surface area contributed by atoms with Gasteiger partial charge in [-0.25, -0.2) is 0 Å². The molecule has 1 aromatic rings. The van der Waals surface area contributed by atoms with Gasteiger partial charge in [-0.05, 0) is 36.5 Å². The van der Waals surface area contributed by atoms with Crippen LogP contribution in [0.5, 0.6) is 0 Å². The van der Waals surface area contributed by atoms with Gasteiger partial charge in [-0.15, -0.1) is 0 Å². The first-order valence-electron chi connectivity index (χ1n) is 6.60. The quantitative estimate of drug-likeness (QED) is 0.475. The molecule has 1 unspecified atom stereocenters. The first kappa shape index (κ1) is 13.7. The monoisotopic (exact) mass is 236 g/mol. The van der Waals surface area contributed by atoms with Crippen LogP contribution in [-0.2, 0) is 0 Å². The minimum absolute atomic E-state index is 0.109. The van der Waals surface area contributed by atoms with E-state index in [4.69, 9.17) is 0 Å². The summed E-state index contributed by atoms with van der Waals surface area (Å²) in [6, 6.07) is 8.94. The van der Waals surface area contributed by atoms with Crippen LogP contribution in [0.4, 0.5) is 0 Å². The SMILES string of the molecule is CCCCCCP(CC)c1ccccc1C. The molecule has 0 fully saturated rings. The van der Waals surface area contributed by atoms with Gasteiger partial charge >= 0.3 is 0 Å².